The van der Waals surface area contributed by atoms with E-state index >= 15 is 0 Å². The number of hydrogen-bond acceptors (Lipinski definition) is 3. The third-order valence-corrected chi connectivity index (χ3v) is 2.73. The molecule has 1 heterocycles. The van der Waals surface area contributed by atoms with Crippen molar-refractivity contribution >= 4 is 5.69 Å². The zero-order valence-electron chi connectivity index (χ0n) is 9.69. The Labute approximate surface area is 94.6 Å². The van der Waals surface area contributed by atoms with Gasteiger partial charge in [-0.3, -0.25) is 4.68 Å². The smallest absolute Gasteiger partial charge is 0.122 e. The Morgan fingerprint density at radius 2 is 2.12 bits per heavy atom. The maximum atomic E-state index is 5.91. The van der Waals surface area contributed by atoms with Gasteiger partial charge in [0.25, 0.3) is 0 Å². The molecule has 0 atom stereocenters. The van der Waals surface area contributed by atoms with Crippen molar-refractivity contribution in [1.29, 1.82) is 0 Å². The fourth-order valence-corrected chi connectivity index (χ4v) is 1.88. The molecule has 0 spiro atoms. The average Bonchev–Trinajstić information content (AvgIpc) is 2.60. The molecule has 0 fully saturated rings. The molecular weight excluding hydrogens is 202 g/mol. The minimum absolute atomic E-state index is 0.679. The van der Waals surface area contributed by atoms with Crippen molar-refractivity contribution in [1.82, 2.24) is 9.78 Å². The van der Waals surface area contributed by atoms with E-state index in [9.17, 15) is 0 Å². The monoisotopic (exact) mass is 217 g/mol. The van der Waals surface area contributed by atoms with Crippen LogP contribution in [0.25, 0.3) is 11.3 Å². The summed E-state index contributed by atoms with van der Waals surface area (Å²) in [5.74, 6) is 0.859. The number of rotatable bonds is 2. The molecule has 1 aromatic carbocycles. The summed E-state index contributed by atoms with van der Waals surface area (Å²) in [6.07, 6.45) is 1.66. The summed E-state index contributed by atoms with van der Waals surface area (Å²) in [6, 6.07) is 5.91. The molecule has 4 heteroatoms. The number of nitrogens with zero attached hydrogens (tertiary/aromatic N) is 2. The lowest BCUT2D eigenvalue weighted by molar-refractivity contribution is 0.412. The summed E-state index contributed by atoms with van der Waals surface area (Å²) in [4.78, 5) is 0. The van der Waals surface area contributed by atoms with Crippen LogP contribution in [0, 0.1) is 6.92 Å². The second-order valence-electron chi connectivity index (χ2n) is 3.70. The largest absolute Gasteiger partial charge is 0.496 e. The van der Waals surface area contributed by atoms with Gasteiger partial charge in [0.1, 0.15) is 5.75 Å². The lowest BCUT2D eigenvalue weighted by Crippen LogP contribution is -1.98. The zero-order chi connectivity index (χ0) is 11.7. The highest BCUT2D eigenvalue weighted by Gasteiger charge is 2.12. The summed E-state index contributed by atoms with van der Waals surface area (Å²) in [5.41, 5.74) is 9.64. The molecule has 0 aliphatic heterocycles. The van der Waals surface area contributed by atoms with Crippen LogP contribution in [0.15, 0.2) is 24.4 Å². The number of methoxy groups -OCH3 is 1. The summed E-state index contributed by atoms with van der Waals surface area (Å²) in [5, 5.41) is 4.14. The minimum atomic E-state index is 0.679. The zero-order valence-corrected chi connectivity index (χ0v) is 9.69. The van der Waals surface area contributed by atoms with Crippen LogP contribution in [-0.2, 0) is 7.05 Å². The number of nitrogens with two attached hydrogens (primary N) is 1. The Kier molecular flexibility index (Phi) is 2.56. The van der Waals surface area contributed by atoms with Gasteiger partial charge < -0.3 is 10.5 Å². The second kappa shape index (κ2) is 3.89. The molecule has 0 unspecified atom stereocenters. The molecule has 0 saturated heterocycles. The lowest BCUT2D eigenvalue weighted by Gasteiger charge is -2.11. The van der Waals surface area contributed by atoms with Gasteiger partial charge in [-0.25, -0.2) is 0 Å². The third kappa shape index (κ3) is 1.52. The fraction of sp³-hybridized carbons (Fsp3) is 0.250. The standard InChI is InChI=1S/C12H15N3O/c1-8-9(5-4-6-11(8)16-3)12-10(13)7-14-15(12)2/h4-7H,13H2,1-3H3. The quantitative estimate of drug-likeness (QED) is 0.836. The van der Waals surface area contributed by atoms with Crippen LogP contribution in [0.5, 0.6) is 5.75 Å². The highest BCUT2D eigenvalue weighted by molar-refractivity contribution is 5.76. The van der Waals surface area contributed by atoms with E-state index in [4.69, 9.17) is 10.5 Å². The van der Waals surface area contributed by atoms with E-state index in [0.29, 0.717) is 5.69 Å². The predicted molar refractivity (Wildman–Crippen MR) is 64.3 cm³/mol. The molecule has 2 N–H and O–H groups in total. The van der Waals surface area contributed by atoms with Crippen LogP contribution in [-0.4, -0.2) is 16.9 Å². The first-order valence-corrected chi connectivity index (χ1v) is 5.06. The summed E-state index contributed by atoms with van der Waals surface area (Å²) in [6.45, 7) is 2.01. The maximum absolute atomic E-state index is 5.91. The van der Waals surface area contributed by atoms with Gasteiger partial charge in [0.15, 0.2) is 0 Å². The van der Waals surface area contributed by atoms with E-state index in [-0.39, 0.29) is 0 Å². The highest BCUT2D eigenvalue weighted by atomic mass is 16.5. The summed E-state index contributed by atoms with van der Waals surface area (Å²) in [7, 11) is 3.54. The number of anilines is 1. The Morgan fingerprint density at radius 1 is 1.38 bits per heavy atom. The van der Waals surface area contributed by atoms with Crippen molar-refractivity contribution in [3.8, 4) is 17.0 Å². The Bertz CT molecular complexity index is 497. The van der Waals surface area contributed by atoms with Crippen molar-refractivity contribution in [3.63, 3.8) is 0 Å². The molecule has 2 aromatic rings. The molecule has 16 heavy (non-hydrogen) atoms. The summed E-state index contributed by atoms with van der Waals surface area (Å²) >= 11 is 0. The van der Waals surface area contributed by atoms with Crippen LogP contribution < -0.4 is 10.5 Å². The van der Waals surface area contributed by atoms with Gasteiger partial charge in [0, 0.05) is 18.2 Å². The van der Waals surface area contributed by atoms with Crippen molar-refractivity contribution in [2.75, 3.05) is 12.8 Å². The first-order chi connectivity index (χ1) is 7.65. The van der Waals surface area contributed by atoms with E-state index in [1.54, 1.807) is 18.0 Å². The first kappa shape index (κ1) is 10.5. The maximum Gasteiger partial charge on any atom is 0.122 e. The number of hydrogen-bond donors (Lipinski definition) is 1. The molecule has 84 valence electrons. The highest BCUT2D eigenvalue weighted by Crippen LogP contribution is 2.32. The Balaban J connectivity index is 2.65. The van der Waals surface area contributed by atoms with Crippen molar-refractivity contribution < 1.29 is 4.74 Å². The minimum Gasteiger partial charge on any atom is -0.496 e. The van der Waals surface area contributed by atoms with E-state index in [1.807, 2.05) is 32.2 Å². The lowest BCUT2D eigenvalue weighted by atomic mass is 10.0. The Morgan fingerprint density at radius 3 is 2.69 bits per heavy atom. The van der Waals surface area contributed by atoms with Crippen molar-refractivity contribution in [3.05, 3.63) is 30.0 Å². The second-order valence-corrected chi connectivity index (χ2v) is 3.70. The predicted octanol–water partition coefficient (Wildman–Crippen LogP) is 1.99. The number of aryl methyl sites for hydroxylation is 1. The van der Waals surface area contributed by atoms with Crippen LogP contribution >= 0.6 is 0 Å². The van der Waals surface area contributed by atoms with Gasteiger partial charge in [-0.15, -0.1) is 0 Å². The van der Waals surface area contributed by atoms with Gasteiger partial charge in [0.2, 0.25) is 0 Å². The van der Waals surface area contributed by atoms with Crippen LogP contribution in [0.1, 0.15) is 5.56 Å². The molecule has 0 amide bonds. The number of benzene rings is 1. The van der Waals surface area contributed by atoms with Gasteiger partial charge in [-0.2, -0.15) is 5.10 Å². The molecule has 0 saturated carbocycles. The molecule has 0 aliphatic rings. The van der Waals surface area contributed by atoms with E-state index in [0.717, 1.165) is 22.6 Å². The molecule has 0 bridgehead atoms. The first-order valence-electron chi connectivity index (χ1n) is 5.06. The molecule has 2 rings (SSSR count). The normalized spacial score (nSPS) is 10.4. The van der Waals surface area contributed by atoms with Crippen LogP contribution in [0.3, 0.4) is 0 Å². The van der Waals surface area contributed by atoms with E-state index in [1.165, 1.54) is 0 Å². The SMILES string of the molecule is COc1cccc(-c2c(N)cnn2C)c1C. The molecule has 1 aromatic heterocycles. The van der Waals surface area contributed by atoms with Gasteiger partial charge in [0.05, 0.1) is 24.7 Å². The number of ether oxygens (including phenoxy) is 1. The number of nitrogen functional groups attached to an aromatic ring is 1. The van der Waals surface area contributed by atoms with E-state index in [2.05, 4.69) is 5.10 Å². The van der Waals surface area contributed by atoms with Gasteiger partial charge in [-0.1, -0.05) is 12.1 Å². The fourth-order valence-electron chi connectivity index (χ4n) is 1.88. The molecule has 4 nitrogen and oxygen atoms in total. The molecular formula is C12H15N3O. The average molecular weight is 217 g/mol. The van der Waals surface area contributed by atoms with Gasteiger partial charge >= 0.3 is 0 Å². The summed E-state index contributed by atoms with van der Waals surface area (Å²) < 4.78 is 7.07. The van der Waals surface area contributed by atoms with Crippen molar-refractivity contribution in [2.45, 2.75) is 6.92 Å². The van der Waals surface area contributed by atoms with Crippen LogP contribution in [0.2, 0.25) is 0 Å². The van der Waals surface area contributed by atoms with Gasteiger partial charge in [-0.05, 0) is 13.0 Å². The van der Waals surface area contributed by atoms with E-state index < -0.39 is 0 Å². The van der Waals surface area contributed by atoms with Crippen LogP contribution in [0.4, 0.5) is 5.69 Å². The number of aromatic nitrogens is 2. The topological polar surface area (TPSA) is 53.1 Å². The molecule has 0 radical (unpaired) electrons. The van der Waals surface area contributed by atoms with Crippen molar-refractivity contribution in [2.24, 2.45) is 7.05 Å². The Hall–Kier alpha value is -1.97. The molecule has 0 aliphatic carbocycles. The third-order valence-electron chi connectivity index (χ3n) is 2.73.